The molecule has 0 radical (unpaired) electrons. The van der Waals surface area contributed by atoms with Crippen LogP contribution >= 0.6 is 0 Å². The third kappa shape index (κ3) is 2.46. The highest BCUT2D eigenvalue weighted by atomic mass is 16.3. The van der Waals surface area contributed by atoms with Crippen molar-refractivity contribution in [2.24, 2.45) is 11.3 Å². The van der Waals surface area contributed by atoms with Gasteiger partial charge in [0.05, 0.1) is 0 Å². The summed E-state index contributed by atoms with van der Waals surface area (Å²) in [5.74, 6) is 0.758. The first-order valence-electron chi connectivity index (χ1n) is 5.00. The van der Waals surface area contributed by atoms with Gasteiger partial charge in [0.15, 0.2) is 0 Å². The molecular weight excluding hydrogens is 150 g/mol. The van der Waals surface area contributed by atoms with Crippen molar-refractivity contribution in [3.05, 3.63) is 0 Å². The lowest BCUT2D eigenvalue weighted by Crippen LogP contribution is -2.28. The fraction of sp³-hybridized carbons (Fsp3) is 1.00. The maximum atomic E-state index is 9.29. The third-order valence-corrected chi connectivity index (χ3v) is 2.92. The van der Waals surface area contributed by atoms with Crippen LogP contribution in [0.5, 0.6) is 0 Å². The Bertz CT molecular complexity index is 128. The minimum absolute atomic E-state index is 0.213. The van der Waals surface area contributed by atoms with E-state index in [9.17, 15) is 5.11 Å². The van der Waals surface area contributed by atoms with Crippen molar-refractivity contribution >= 4 is 0 Å². The molecule has 0 spiro atoms. The van der Waals surface area contributed by atoms with Crippen LogP contribution in [0.1, 0.15) is 33.1 Å². The van der Waals surface area contributed by atoms with E-state index < -0.39 is 0 Å². The molecule has 1 rings (SSSR count). The molecule has 12 heavy (non-hydrogen) atoms. The second kappa shape index (κ2) is 4.24. The van der Waals surface area contributed by atoms with E-state index in [2.05, 4.69) is 19.2 Å². The Labute approximate surface area is 75.4 Å². The average Bonchev–Trinajstić information content (AvgIpc) is 2.50. The molecule has 0 aliphatic carbocycles. The van der Waals surface area contributed by atoms with Crippen molar-refractivity contribution in [2.75, 3.05) is 19.7 Å². The van der Waals surface area contributed by atoms with Gasteiger partial charge in [-0.05, 0) is 25.3 Å². The highest BCUT2D eigenvalue weighted by Crippen LogP contribution is 2.31. The van der Waals surface area contributed by atoms with Gasteiger partial charge in [-0.3, -0.25) is 0 Å². The molecule has 0 aromatic heterocycles. The van der Waals surface area contributed by atoms with E-state index in [-0.39, 0.29) is 5.41 Å². The standard InChI is InChI=1S/C10H21NO/c1-9(2)3-4-10(8-12)5-6-11-7-10/h9,11-12H,3-8H2,1-2H3. The number of hydrogen-bond acceptors (Lipinski definition) is 2. The number of aliphatic hydroxyl groups excluding tert-OH is 1. The van der Waals surface area contributed by atoms with Crippen LogP contribution in [0.4, 0.5) is 0 Å². The lowest BCUT2D eigenvalue weighted by Gasteiger charge is -2.26. The summed E-state index contributed by atoms with van der Waals surface area (Å²) in [4.78, 5) is 0. The smallest absolute Gasteiger partial charge is 0.0500 e. The largest absolute Gasteiger partial charge is 0.396 e. The topological polar surface area (TPSA) is 32.3 Å². The van der Waals surface area contributed by atoms with E-state index in [1.807, 2.05) is 0 Å². The van der Waals surface area contributed by atoms with Crippen molar-refractivity contribution in [3.63, 3.8) is 0 Å². The van der Waals surface area contributed by atoms with E-state index in [1.54, 1.807) is 0 Å². The third-order valence-electron chi connectivity index (χ3n) is 2.92. The molecule has 0 amide bonds. The quantitative estimate of drug-likeness (QED) is 0.670. The van der Waals surface area contributed by atoms with E-state index in [0.717, 1.165) is 25.4 Å². The van der Waals surface area contributed by atoms with Gasteiger partial charge in [-0.1, -0.05) is 20.3 Å². The van der Waals surface area contributed by atoms with Gasteiger partial charge in [-0.15, -0.1) is 0 Å². The van der Waals surface area contributed by atoms with E-state index in [1.165, 1.54) is 12.8 Å². The molecular formula is C10H21NO. The average molecular weight is 171 g/mol. The van der Waals surface area contributed by atoms with Crippen LogP contribution < -0.4 is 5.32 Å². The van der Waals surface area contributed by atoms with Gasteiger partial charge >= 0.3 is 0 Å². The first-order valence-corrected chi connectivity index (χ1v) is 5.00. The number of aliphatic hydroxyl groups is 1. The molecule has 1 saturated heterocycles. The van der Waals surface area contributed by atoms with Crippen LogP contribution in [0.2, 0.25) is 0 Å². The lowest BCUT2D eigenvalue weighted by molar-refractivity contribution is 0.126. The zero-order chi connectivity index (χ0) is 9.03. The zero-order valence-corrected chi connectivity index (χ0v) is 8.27. The van der Waals surface area contributed by atoms with Crippen LogP contribution in [-0.4, -0.2) is 24.8 Å². The molecule has 2 nitrogen and oxygen atoms in total. The first kappa shape index (κ1) is 10.0. The molecule has 0 saturated carbocycles. The summed E-state index contributed by atoms with van der Waals surface area (Å²) < 4.78 is 0. The Kier molecular flexibility index (Phi) is 3.53. The molecule has 0 aromatic carbocycles. The molecule has 2 N–H and O–H groups in total. The lowest BCUT2D eigenvalue weighted by atomic mass is 9.81. The number of rotatable bonds is 4. The van der Waals surface area contributed by atoms with Crippen molar-refractivity contribution in [2.45, 2.75) is 33.1 Å². The molecule has 1 atom stereocenters. The SMILES string of the molecule is CC(C)CCC1(CO)CCNC1. The molecule has 0 bridgehead atoms. The van der Waals surface area contributed by atoms with Gasteiger partial charge < -0.3 is 10.4 Å². The van der Waals surface area contributed by atoms with Gasteiger partial charge in [0.1, 0.15) is 0 Å². The van der Waals surface area contributed by atoms with Crippen molar-refractivity contribution < 1.29 is 5.11 Å². The van der Waals surface area contributed by atoms with Crippen molar-refractivity contribution in [1.29, 1.82) is 0 Å². The van der Waals surface area contributed by atoms with Crippen LogP contribution in [0.25, 0.3) is 0 Å². The second-order valence-electron chi connectivity index (χ2n) is 4.52. The Balaban J connectivity index is 2.34. The highest BCUT2D eigenvalue weighted by Gasteiger charge is 2.32. The fourth-order valence-corrected chi connectivity index (χ4v) is 1.82. The monoisotopic (exact) mass is 171 g/mol. The summed E-state index contributed by atoms with van der Waals surface area (Å²) in [6, 6.07) is 0. The van der Waals surface area contributed by atoms with E-state index >= 15 is 0 Å². The van der Waals surface area contributed by atoms with Gasteiger partial charge in [-0.2, -0.15) is 0 Å². The number of nitrogens with one attached hydrogen (secondary N) is 1. The summed E-state index contributed by atoms with van der Waals surface area (Å²) >= 11 is 0. The predicted octanol–water partition coefficient (Wildman–Crippen LogP) is 1.39. The molecule has 0 aromatic rings. The summed E-state index contributed by atoms with van der Waals surface area (Å²) in [6.45, 7) is 6.93. The van der Waals surface area contributed by atoms with E-state index in [0.29, 0.717) is 6.61 Å². The molecule has 1 fully saturated rings. The molecule has 1 heterocycles. The van der Waals surface area contributed by atoms with Crippen LogP contribution in [0.15, 0.2) is 0 Å². The Morgan fingerprint density at radius 3 is 2.67 bits per heavy atom. The Morgan fingerprint density at radius 1 is 1.50 bits per heavy atom. The molecule has 2 heteroatoms. The van der Waals surface area contributed by atoms with E-state index in [4.69, 9.17) is 0 Å². The van der Waals surface area contributed by atoms with Crippen LogP contribution in [-0.2, 0) is 0 Å². The minimum Gasteiger partial charge on any atom is -0.396 e. The Hall–Kier alpha value is -0.0800. The first-order chi connectivity index (χ1) is 5.68. The zero-order valence-electron chi connectivity index (χ0n) is 8.27. The number of hydrogen-bond donors (Lipinski definition) is 2. The molecule has 1 aliphatic heterocycles. The van der Waals surface area contributed by atoms with Gasteiger partial charge in [0.2, 0.25) is 0 Å². The maximum Gasteiger partial charge on any atom is 0.0500 e. The fourth-order valence-electron chi connectivity index (χ4n) is 1.82. The highest BCUT2D eigenvalue weighted by molar-refractivity contribution is 4.87. The summed E-state index contributed by atoms with van der Waals surface area (Å²) in [5, 5.41) is 12.6. The molecule has 1 unspecified atom stereocenters. The van der Waals surface area contributed by atoms with Gasteiger partial charge in [0, 0.05) is 18.6 Å². The summed E-state index contributed by atoms with van der Waals surface area (Å²) in [6.07, 6.45) is 3.56. The summed E-state index contributed by atoms with van der Waals surface area (Å²) in [5.41, 5.74) is 0.213. The van der Waals surface area contributed by atoms with Crippen LogP contribution in [0, 0.1) is 11.3 Å². The molecule has 72 valence electrons. The summed E-state index contributed by atoms with van der Waals surface area (Å²) in [7, 11) is 0. The minimum atomic E-state index is 0.213. The Morgan fingerprint density at radius 2 is 2.25 bits per heavy atom. The van der Waals surface area contributed by atoms with Crippen LogP contribution in [0.3, 0.4) is 0 Å². The van der Waals surface area contributed by atoms with Crippen molar-refractivity contribution in [1.82, 2.24) is 5.32 Å². The normalized spacial score (nSPS) is 30.0. The predicted molar refractivity (Wildman–Crippen MR) is 51.1 cm³/mol. The second-order valence-corrected chi connectivity index (χ2v) is 4.52. The maximum absolute atomic E-state index is 9.29. The van der Waals surface area contributed by atoms with Gasteiger partial charge in [0.25, 0.3) is 0 Å². The van der Waals surface area contributed by atoms with Crippen molar-refractivity contribution in [3.8, 4) is 0 Å². The van der Waals surface area contributed by atoms with Gasteiger partial charge in [-0.25, -0.2) is 0 Å². The molecule has 1 aliphatic rings.